The molecule has 2 aromatic carbocycles. The van der Waals surface area contributed by atoms with Crippen molar-refractivity contribution in [1.29, 1.82) is 0 Å². The highest BCUT2D eigenvalue weighted by Gasteiger charge is 2.28. The molecule has 0 radical (unpaired) electrons. The van der Waals surface area contributed by atoms with E-state index in [-0.39, 0.29) is 5.78 Å². The summed E-state index contributed by atoms with van der Waals surface area (Å²) in [4.78, 5) is 14.4. The molecule has 0 spiro atoms. The van der Waals surface area contributed by atoms with Crippen LogP contribution in [0.1, 0.15) is 15.9 Å². The number of carbonyl (C=O) groups excluding carboxylic acids is 1. The van der Waals surface area contributed by atoms with Crippen LogP contribution in [-0.4, -0.2) is 22.2 Å². The van der Waals surface area contributed by atoms with Crippen LogP contribution in [-0.2, 0) is 0 Å². The van der Waals surface area contributed by atoms with Crippen molar-refractivity contribution in [3.05, 3.63) is 66.2 Å². The number of ketones is 1. The lowest BCUT2D eigenvalue weighted by atomic mass is 9.87. The van der Waals surface area contributed by atoms with Gasteiger partial charge in [-0.3, -0.25) is 4.79 Å². The Kier molecular flexibility index (Phi) is 2.44. The van der Waals surface area contributed by atoms with Crippen molar-refractivity contribution in [1.82, 2.24) is 9.89 Å². The maximum Gasteiger partial charge on any atom is 0.194 e. The average molecular weight is 275 g/mol. The van der Waals surface area contributed by atoms with Crippen LogP contribution in [0.25, 0.3) is 22.2 Å². The first-order valence-corrected chi connectivity index (χ1v) is 6.82. The summed E-state index contributed by atoms with van der Waals surface area (Å²) in [6.45, 7) is 4.31. The third-order valence-electron chi connectivity index (χ3n) is 3.76. The molecule has 4 rings (SSSR count). The fraction of sp³-hybridized carbons (Fsp3) is 0.0588. The number of hydrogen-bond acceptors (Lipinski definition) is 3. The molecular weight excluding hydrogens is 262 g/mol. The van der Waals surface area contributed by atoms with Crippen molar-refractivity contribution in [2.45, 2.75) is 0 Å². The first-order chi connectivity index (χ1) is 10.3. The minimum atomic E-state index is 0.0620. The van der Waals surface area contributed by atoms with Gasteiger partial charge in [0.1, 0.15) is 5.69 Å². The Balaban J connectivity index is 2.08. The summed E-state index contributed by atoms with van der Waals surface area (Å²) < 4.78 is 0. The van der Waals surface area contributed by atoms with Crippen LogP contribution in [0.4, 0.5) is 0 Å². The molecule has 0 saturated heterocycles. The number of fused-ring (bicyclic) bond motifs is 2. The summed E-state index contributed by atoms with van der Waals surface area (Å²) in [7, 11) is 0. The first kappa shape index (κ1) is 11.9. The first-order valence-electron chi connectivity index (χ1n) is 6.82. The molecule has 0 atom stereocenters. The Morgan fingerprint density at radius 1 is 1.10 bits per heavy atom. The molecule has 0 unspecified atom stereocenters. The molecule has 0 aliphatic heterocycles. The van der Waals surface area contributed by atoms with Gasteiger partial charge in [0.05, 0.1) is 12.1 Å². The van der Waals surface area contributed by atoms with E-state index in [1.54, 1.807) is 10.9 Å². The molecule has 0 bridgehead atoms. The number of hydrogen-bond donors (Lipinski definition) is 1. The predicted octanol–water partition coefficient (Wildman–Crippen LogP) is 2.98. The molecule has 1 N–H and O–H groups in total. The number of benzene rings is 2. The van der Waals surface area contributed by atoms with Gasteiger partial charge in [-0.1, -0.05) is 42.5 Å². The lowest BCUT2D eigenvalue weighted by molar-refractivity contribution is 0.104. The molecule has 1 aliphatic rings. The molecule has 0 fully saturated rings. The van der Waals surface area contributed by atoms with E-state index in [0.717, 1.165) is 22.2 Å². The standard InChI is InChI=1S/C17H13N3O/c1-2-10-18-20-14-9-5-8-13-15(14)16(19-20)11-6-3-4-7-12(11)17(13)21/h2-9,18H,1,10H2. The zero-order valence-corrected chi connectivity index (χ0v) is 11.3. The van der Waals surface area contributed by atoms with Gasteiger partial charge in [0, 0.05) is 22.1 Å². The van der Waals surface area contributed by atoms with Crippen LogP contribution < -0.4 is 5.43 Å². The summed E-state index contributed by atoms with van der Waals surface area (Å²) in [5.74, 6) is 0.0620. The summed E-state index contributed by atoms with van der Waals surface area (Å²) in [5.41, 5.74) is 7.26. The summed E-state index contributed by atoms with van der Waals surface area (Å²) in [6, 6.07) is 13.3. The highest BCUT2D eigenvalue weighted by molar-refractivity contribution is 6.25. The molecule has 3 aromatic rings. The Hall–Kier alpha value is -2.88. The molecule has 1 heterocycles. The van der Waals surface area contributed by atoms with Crippen molar-refractivity contribution in [3.8, 4) is 11.3 Å². The molecule has 4 heteroatoms. The van der Waals surface area contributed by atoms with Gasteiger partial charge >= 0.3 is 0 Å². The number of nitrogens with one attached hydrogen (secondary N) is 1. The lowest BCUT2D eigenvalue weighted by Crippen LogP contribution is -2.15. The van der Waals surface area contributed by atoms with E-state index in [9.17, 15) is 4.79 Å². The maximum absolute atomic E-state index is 12.6. The molecule has 4 nitrogen and oxygen atoms in total. The van der Waals surface area contributed by atoms with E-state index in [1.165, 1.54) is 0 Å². The molecule has 1 aliphatic carbocycles. The SMILES string of the molecule is C=CCNn1nc2c3c(cccc31)C(=O)c1ccccc1-2. The van der Waals surface area contributed by atoms with E-state index >= 15 is 0 Å². The third-order valence-corrected chi connectivity index (χ3v) is 3.76. The van der Waals surface area contributed by atoms with E-state index < -0.39 is 0 Å². The number of nitrogens with zero attached hydrogens (tertiary/aromatic N) is 2. The third kappa shape index (κ3) is 1.56. The van der Waals surface area contributed by atoms with Gasteiger partial charge in [0.2, 0.25) is 0 Å². The zero-order chi connectivity index (χ0) is 14.4. The van der Waals surface area contributed by atoms with Gasteiger partial charge in [0.15, 0.2) is 5.78 Å². The fourth-order valence-corrected chi connectivity index (χ4v) is 2.85. The molecule has 0 amide bonds. The van der Waals surface area contributed by atoms with Gasteiger partial charge in [-0.2, -0.15) is 9.89 Å². The van der Waals surface area contributed by atoms with Gasteiger partial charge in [-0.25, -0.2) is 0 Å². The monoisotopic (exact) mass is 275 g/mol. The van der Waals surface area contributed by atoms with Crippen LogP contribution >= 0.6 is 0 Å². The number of aromatic nitrogens is 2. The Labute approximate surface area is 121 Å². The van der Waals surface area contributed by atoms with E-state index in [2.05, 4.69) is 17.1 Å². The van der Waals surface area contributed by atoms with Crippen LogP contribution in [0.15, 0.2) is 55.1 Å². The molecular formula is C17H13N3O. The zero-order valence-electron chi connectivity index (χ0n) is 11.3. The highest BCUT2D eigenvalue weighted by Crippen LogP contribution is 2.38. The van der Waals surface area contributed by atoms with Crippen molar-refractivity contribution in [2.75, 3.05) is 12.0 Å². The van der Waals surface area contributed by atoms with Crippen molar-refractivity contribution >= 4 is 16.7 Å². The smallest absolute Gasteiger partial charge is 0.194 e. The lowest BCUT2D eigenvalue weighted by Gasteiger charge is -2.13. The van der Waals surface area contributed by atoms with Gasteiger partial charge in [-0.05, 0) is 6.07 Å². The second-order valence-corrected chi connectivity index (χ2v) is 4.99. The van der Waals surface area contributed by atoms with E-state index in [4.69, 9.17) is 0 Å². The normalized spacial score (nSPS) is 12.3. The number of rotatable bonds is 3. The molecule has 21 heavy (non-hydrogen) atoms. The minimum Gasteiger partial charge on any atom is -0.306 e. The van der Waals surface area contributed by atoms with E-state index in [1.807, 2.05) is 42.5 Å². The van der Waals surface area contributed by atoms with Crippen molar-refractivity contribution in [3.63, 3.8) is 0 Å². The topological polar surface area (TPSA) is 46.9 Å². The molecule has 0 saturated carbocycles. The quantitative estimate of drug-likeness (QED) is 0.585. The molecule has 1 aromatic heterocycles. The fourth-order valence-electron chi connectivity index (χ4n) is 2.85. The van der Waals surface area contributed by atoms with Gasteiger partial charge < -0.3 is 5.43 Å². The highest BCUT2D eigenvalue weighted by atomic mass is 16.1. The second kappa shape index (κ2) is 4.31. The van der Waals surface area contributed by atoms with Gasteiger partial charge in [0.25, 0.3) is 0 Å². The van der Waals surface area contributed by atoms with Crippen LogP contribution in [0.3, 0.4) is 0 Å². The average Bonchev–Trinajstić information content (AvgIpc) is 2.90. The summed E-state index contributed by atoms with van der Waals surface area (Å²) in [6.07, 6.45) is 1.77. The Bertz CT molecular complexity index is 892. The molecule has 102 valence electrons. The second-order valence-electron chi connectivity index (χ2n) is 4.99. The number of carbonyl (C=O) groups is 1. The predicted molar refractivity (Wildman–Crippen MR) is 83.0 cm³/mol. The Morgan fingerprint density at radius 2 is 1.86 bits per heavy atom. The van der Waals surface area contributed by atoms with E-state index in [0.29, 0.717) is 17.7 Å². The van der Waals surface area contributed by atoms with Gasteiger partial charge in [-0.15, -0.1) is 6.58 Å². The largest absolute Gasteiger partial charge is 0.306 e. The Morgan fingerprint density at radius 3 is 2.67 bits per heavy atom. The van der Waals surface area contributed by atoms with Crippen LogP contribution in [0.5, 0.6) is 0 Å². The maximum atomic E-state index is 12.6. The van der Waals surface area contributed by atoms with Crippen LogP contribution in [0, 0.1) is 0 Å². The van der Waals surface area contributed by atoms with Crippen LogP contribution in [0.2, 0.25) is 0 Å². The van der Waals surface area contributed by atoms with Crippen molar-refractivity contribution < 1.29 is 4.79 Å². The summed E-state index contributed by atoms with van der Waals surface area (Å²) >= 11 is 0. The summed E-state index contributed by atoms with van der Waals surface area (Å²) in [5, 5.41) is 5.55. The van der Waals surface area contributed by atoms with Crippen molar-refractivity contribution in [2.24, 2.45) is 0 Å². The minimum absolute atomic E-state index is 0.0620.